The summed E-state index contributed by atoms with van der Waals surface area (Å²) in [7, 11) is 0. The van der Waals surface area contributed by atoms with E-state index in [-0.39, 0.29) is 0 Å². The maximum Gasteiger partial charge on any atom is 0.240 e. The van der Waals surface area contributed by atoms with Crippen molar-refractivity contribution in [2.45, 2.75) is 32.6 Å². The van der Waals surface area contributed by atoms with Crippen molar-refractivity contribution in [3.8, 4) is 11.6 Å². The Labute approximate surface area is 118 Å². The summed E-state index contributed by atoms with van der Waals surface area (Å²) in [5.74, 6) is 7.02. The molecule has 0 atom stereocenters. The first kappa shape index (κ1) is 12.9. The smallest absolute Gasteiger partial charge is 0.240 e. The molecule has 5 heteroatoms. The van der Waals surface area contributed by atoms with Gasteiger partial charge in [0, 0.05) is 11.8 Å². The second kappa shape index (κ2) is 5.46. The van der Waals surface area contributed by atoms with E-state index in [1.165, 1.54) is 30.4 Å². The highest BCUT2D eigenvalue weighted by Gasteiger charge is 2.11. The van der Waals surface area contributed by atoms with Crippen molar-refractivity contribution in [2.75, 3.05) is 5.43 Å². The van der Waals surface area contributed by atoms with Crippen LogP contribution in [-0.4, -0.2) is 9.97 Å². The molecule has 20 heavy (non-hydrogen) atoms. The van der Waals surface area contributed by atoms with Crippen molar-refractivity contribution in [3.05, 3.63) is 41.1 Å². The number of hydrogen-bond donors (Lipinski definition) is 2. The lowest BCUT2D eigenvalue weighted by atomic mass is 9.92. The Kier molecular flexibility index (Phi) is 3.52. The van der Waals surface area contributed by atoms with Gasteiger partial charge in [-0.15, -0.1) is 0 Å². The van der Waals surface area contributed by atoms with E-state index in [2.05, 4.69) is 27.5 Å². The van der Waals surface area contributed by atoms with Crippen LogP contribution in [0.2, 0.25) is 0 Å². The van der Waals surface area contributed by atoms with Gasteiger partial charge in [-0.25, -0.2) is 10.8 Å². The number of rotatable bonds is 3. The minimum Gasteiger partial charge on any atom is -0.439 e. The third kappa shape index (κ3) is 2.58. The molecule has 1 aromatic heterocycles. The molecule has 2 aromatic rings. The van der Waals surface area contributed by atoms with Gasteiger partial charge in [0.05, 0.1) is 0 Å². The number of aromatic nitrogens is 2. The number of nitrogens with two attached hydrogens (primary N) is 1. The summed E-state index contributed by atoms with van der Waals surface area (Å²) in [4.78, 5) is 8.27. The molecule has 1 aliphatic carbocycles. The first-order valence-corrected chi connectivity index (χ1v) is 6.86. The number of anilines is 1. The van der Waals surface area contributed by atoms with Gasteiger partial charge in [-0.05, 0) is 55.9 Å². The lowest BCUT2D eigenvalue weighted by molar-refractivity contribution is 0.456. The average Bonchev–Trinajstić information content (AvgIpc) is 2.49. The maximum atomic E-state index is 5.87. The van der Waals surface area contributed by atoms with E-state index in [1.54, 1.807) is 6.20 Å². The van der Waals surface area contributed by atoms with Crippen LogP contribution in [0.4, 0.5) is 5.95 Å². The van der Waals surface area contributed by atoms with E-state index in [4.69, 9.17) is 10.6 Å². The standard InChI is InChI=1S/C15H18N4O/c1-10-9-17-15(19-16)18-14(10)20-13-7-6-11-4-2-3-5-12(11)8-13/h6-9H,2-5,16H2,1H3,(H,17,18,19). The number of fused-ring (bicyclic) bond motifs is 1. The lowest BCUT2D eigenvalue weighted by Gasteiger charge is -2.17. The van der Waals surface area contributed by atoms with Gasteiger partial charge < -0.3 is 4.74 Å². The molecular weight excluding hydrogens is 252 g/mol. The Morgan fingerprint density at radius 2 is 2.00 bits per heavy atom. The first-order chi connectivity index (χ1) is 9.76. The molecule has 0 radical (unpaired) electrons. The van der Waals surface area contributed by atoms with Crippen LogP contribution in [0.25, 0.3) is 0 Å². The molecule has 0 bridgehead atoms. The Morgan fingerprint density at radius 3 is 2.80 bits per heavy atom. The van der Waals surface area contributed by atoms with Crippen molar-refractivity contribution in [1.82, 2.24) is 9.97 Å². The van der Waals surface area contributed by atoms with Gasteiger partial charge in [0.15, 0.2) is 0 Å². The number of nitrogens with one attached hydrogen (secondary N) is 1. The Hall–Kier alpha value is -2.14. The summed E-state index contributed by atoms with van der Waals surface area (Å²) in [6, 6.07) is 6.27. The summed E-state index contributed by atoms with van der Waals surface area (Å²) in [5.41, 5.74) is 6.13. The lowest BCUT2D eigenvalue weighted by Crippen LogP contribution is -2.11. The molecule has 1 aromatic carbocycles. The van der Waals surface area contributed by atoms with Crippen LogP contribution in [0, 0.1) is 6.92 Å². The van der Waals surface area contributed by atoms with Crippen LogP contribution in [-0.2, 0) is 12.8 Å². The second-order valence-corrected chi connectivity index (χ2v) is 5.07. The fourth-order valence-electron chi connectivity index (χ4n) is 2.48. The van der Waals surface area contributed by atoms with E-state index in [0.717, 1.165) is 17.7 Å². The van der Waals surface area contributed by atoms with Gasteiger partial charge in [0.1, 0.15) is 5.75 Å². The Bertz CT molecular complexity index is 627. The number of nitrogen functional groups attached to an aromatic ring is 1. The summed E-state index contributed by atoms with van der Waals surface area (Å²) in [5, 5.41) is 0. The zero-order chi connectivity index (χ0) is 13.9. The molecule has 3 rings (SSSR count). The molecule has 0 saturated carbocycles. The molecular formula is C15H18N4O. The molecule has 0 spiro atoms. The highest BCUT2D eigenvalue weighted by atomic mass is 16.5. The van der Waals surface area contributed by atoms with E-state index >= 15 is 0 Å². The topological polar surface area (TPSA) is 73.1 Å². The van der Waals surface area contributed by atoms with Crippen LogP contribution < -0.4 is 16.0 Å². The van der Waals surface area contributed by atoms with E-state index in [9.17, 15) is 0 Å². The zero-order valence-electron chi connectivity index (χ0n) is 11.5. The summed E-state index contributed by atoms with van der Waals surface area (Å²) >= 11 is 0. The summed E-state index contributed by atoms with van der Waals surface area (Å²) < 4.78 is 5.87. The number of nitrogens with zero attached hydrogens (tertiary/aromatic N) is 2. The fraction of sp³-hybridized carbons (Fsp3) is 0.333. The number of benzene rings is 1. The third-order valence-electron chi connectivity index (χ3n) is 3.59. The molecule has 0 saturated heterocycles. The van der Waals surface area contributed by atoms with Crippen LogP contribution in [0.5, 0.6) is 11.6 Å². The molecule has 0 aliphatic heterocycles. The van der Waals surface area contributed by atoms with Gasteiger partial charge in [-0.3, -0.25) is 5.43 Å². The van der Waals surface area contributed by atoms with Gasteiger partial charge in [-0.2, -0.15) is 4.98 Å². The van der Waals surface area contributed by atoms with Crippen LogP contribution >= 0.6 is 0 Å². The molecule has 3 N–H and O–H groups in total. The highest BCUT2D eigenvalue weighted by molar-refractivity contribution is 5.40. The minimum atomic E-state index is 0.351. The maximum absolute atomic E-state index is 5.87. The number of hydrazine groups is 1. The minimum absolute atomic E-state index is 0.351. The van der Waals surface area contributed by atoms with Gasteiger partial charge in [0.2, 0.25) is 11.8 Å². The van der Waals surface area contributed by atoms with Crippen LogP contribution in [0.3, 0.4) is 0 Å². The zero-order valence-corrected chi connectivity index (χ0v) is 11.5. The van der Waals surface area contributed by atoms with Crippen LogP contribution in [0.15, 0.2) is 24.4 Å². The van der Waals surface area contributed by atoms with E-state index in [1.807, 2.05) is 13.0 Å². The molecule has 1 aliphatic rings. The normalized spacial score (nSPS) is 13.7. The van der Waals surface area contributed by atoms with E-state index in [0.29, 0.717) is 11.8 Å². The van der Waals surface area contributed by atoms with Crippen molar-refractivity contribution in [2.24, 2.45) is 5.84 Å². The average molecular weight is 270 g/mol. The van der Waals surface area contributed by atoms with Crippen molar-refractivity contribution >= 4 is 5.95 Å². The number of ether oxygens (including phenoxy) is 1. The number of hydrogen-bond acceptors (Lipinski definition) is 5. The van der Waals surface area contributed by atoms with Crippen molar-refractivity contribution < 1.29 is 4.74 Å². The summed E-state index contributed by atoms with van der Waals surface area (Å²) in [6.07, 6.45) is 6.53. The largest absolute Gasteiger partial charge is 0.439 e. The monoisotopic (exact) mass is 270 g/mol. The predicted molar refractivity (Wildman–Crippen MR) is 77.7 cm³/mol. The van der Waals surface area contributed by atoms with Gasteiger partial charge >= 0.3 is 0 Å². The van der Waals surface area contributed by atoms with E-state index < -0.39 is 0 Å². The quantitative estimate of drug-likeness (QED) is 0.662. The molecule has 104 valence electrons. The van der Waals surface area contributed by atoms with Gasteiger partial charge in [0.25, 0.3) is 0 Å². The summed E-state index contributed by atoms with van der Waals surface area (Å²) in [6.45, 7) is 1.91. The van der Waals surface area contributed by atoms with Crippen molar-refractivity contribution in [3.63, 3.8) is 0 Å². The predicted octanol–water partition coefficient (Wildman–Crippen LogP) is 2.74. The first-order valence-electron chi connectivity index (χ1n) is 6.86. The number of aryl methyl sites for hydroxylation is 3. The molecule has 0 amide bonds. The third-order valence-corrected chi connectivity index (χ3v) is 3.59. The molecule has 0 fully saturated rings. The highest BCUT2D eigenvalue weighted by Crippen LogP contribution is 2.29. The Balaban J connectivity index is 1.87. The second-order valence-electron chi connectivity index (χ2n) is 5.07. The van der Waals surface area contributed by atoms with Gasteiger partial charge in [-0.1, -0.05) is 6.07 Å². The molecule has 1 heterocycles. The fourth-order valence-corrected chi connectivity index (χ4v) is 2.48. The molecule has 5 nitrogen and oxygen atoms in total. The molecule has 0 unspecified atom stereocenters. The Morgan fingerprint density at radius 1 is 1.20 bits per heavy atom. The van der Waals surface area contributed by atoms with Crippen LogP contribution in [0.1, 0.15) is 29.5 Å². The SMILES string of the molecule is Cc1cnc(NN)nc1Oc1ccc2c(c1)CCCC2. The van der Waals surface area contributed by atoms with Crippen molar-refractivity contribution in [1.29, 1.82) is 0 Å².